The lowest BCUT2D eigenvalue weighted by molar-refractivity contribution is -0.122. The van der Waals surface area contributed by atoms with Crippen molar-refractivity contribution in [3.63, 3.8) is 0 Å². The summed E-state index contributed by atoms with van der Waals surface area (Å²) in [5, 5.41) is 2.68. The van der Waals surface area contributed by atoms with Gasteiger partial charge < -0.3 is 15.0 Å². The molecule has 1 N–H and O–H groups in total. The van der Waals surface area contributed by atoms with Crippen molar-refractivity contribution in [2.45, 2.75) is 25.7 Å². The molecule has 1 aromatic rings. The molecule has 2 saturated heterocycles. The van der Waals surface area contributed by atoms with Crippen LogP contribution in [0.1, 0.15) is 36.0 Å². The van der Waals surface area contributed by atoms with Crippen LogP contribution in [0.15, 0.2) is 18.5 Å². The van der Waals surface area contributed by atoms with Crippen molar-refractivity contribution in [3.8, 4) is 5.75 Å². The van der Waals surface area contributed by atoms with Gasteiger partial charge in [0.25, 0.3) is 5.91 Å². The lowest BCUT2D eigenvalue weighted by Gasteiger charge is -2.47. The van der Waals surface area contributed by atoms with Gasteiger partial charge in [-0.1, -0.05) is 0 Å². The third kappa shape index (κ3) is 3.98. The molecule has 1 aromatic heterocycles. The second-order valence-corrected chi connectivity index (χ2v) is 7.36. The number of aromatic nitrogens is 1. The molecule has 7 heteroatoms. The Bertz CT molecular complexity index is 656. The molecule has 0 atom stereocenters. The van der Waals surface area contributed by atoms with Gasteiger partial charge in [0.2, 0.25) is 5.91 Å². The first-order valence-corrected chi connectivity index (χ1v) is 9.27. The minimum Gasteiger partial charge on any atom is -0.494 e. The summed E-state index contributed by atoms with van der Waals surface area (Å²) in [4.78, 5) is 32.8. The maximum Gasteiger partial charge on any atom is 0.257 e. The third-order valence-electron chi connectivity index (χ3n) is 5.75. The van der Waals surface area contributed by atoms with Crippen LogP contribution in [0, 0.1) is 5.41 Å². The predicted molar refractivity (Wildman–Crippen MR) is 98.1 cm³/mol. The van der Waals surface area contributed by atoms with Crippen molar-refractivity contribution in [3.05, 3.63) is 24.0 Å². The zero-order chi connectivity index (χ0) is 18.6. The van der Waals surface area contributed by atoms with E-state index in [-0.39, 0.29) is 17.2 Å². The largest absolute Gasteiger partial charge is 0.494 e. The molecule has 2 amide bonds. The van der Waals surface area contributed by atoms with Crippen LogP contribution in [-0.2, 0) is 4.79 Å². The van der Waals surface area contributed by atoms with Crippen molar-refractivity contribution in [2.75, 3.05) is 46.9 Å². The van der Waals surface area contributed by atoms with E-state index in [0.29, 0.717) is 17.9 Å². The molecule has 142 valence electrons. The van der Waals surface area contributed by atoms with E-state index in [1.165, 1.54) is 0 Å². The third-order valence-corrected chi connectivity index (χ3v) is 5.75. The number of nitrogens with zero attached hydrogens (tertiary/aromatic N) is 3. The molecule has 2 aliphatic rings. The van der Waals surface area contributed by atoms with E-state index >= 15 is 0 Å². The van der Waals surface area contributed by atoms with E-state index in [1.54, 1.807) is 32.6 Å². The van der Waals surface area contributed by atoms with Crippen LogP contribution in [-0.4, -0.2) is 73.5 Å². The smallest absolute Gasteiger partial charge is 0.257 e. The molecular weight excluding hydrogens is 332 g/mol. The highest BCUT2D eigenvalue weighted by Crippen LogP contribution is 2.40. The summed E-state index contributed by atoms with van der Waals surface area (Å²) >= 11 is 0. The van der Waals surface area contributed by atoms with E-state index < -0.39 is 0 Å². The topological polar surface area (TPSA) is 74.8 Å². The fraction of sp³-hybridized carbons (Fsp3) is 0.632. The van der Waals surface area contributed by atoms with Gasteiger partial charge in [0.1, 0.15) is 5.75 Å². The van der Waals surface area contributed by atoms with Crippen LogP contribution < -0.4 is 10.1 Å². The fourth-order valence-electron chi connectivity index (χ4n) is 4.15. The average molecular weight is 360 g/mol. The number of carbonyl (C=O) groups is 2. The van der Waals surface area contributed by atoms with E-state index in [1.807, 2.05) is 4.90 Å². The molecule has 26 heavy (non-hydrogen) atoms. The molecule has 2 aliphatic heterocycles. The number of pyridine rings is 1. The molecule has 0 unspecified atom stereocenters. The lowest BCUT2D eigenvalue weighted by atomic mass is 9.72. The van der Waals surface area contributed by atoms with Gasteiger partial charge in [0, 0.05) is 26.3 Å². The van der Waals surface area contributed by atoms with Crippen LogP contribution in [0.4, 0.5) is 0 Å². The van der Waals surface area contributed by atoms with E-state index in [9.17, 15) is 9.59 Å². The summed E-state index contributed by atoms with van der Waals surface area (Å²) in [5.41, 5.74) is 0.754. The van der Waals surface area contributed by atoms with Gasteiger partial charge in [-0.3, -0.25) is 19.5 Å². The van der Waals surface area contributed by atoms with Crippen molar-refractivity contribution in [1.82, 2.24) is 20.1 Å². The Morgan fingerprint density at radius 2 is 2.04 bits per heavy atom. The normalized spacial score (nSPS) is 20.0. The molecule has 7 nitrogen and oxygen atoms in total. The maximum atomic E-state index is 13.0. The Kier molecular flexibility index (Phi) is 5.76. The van der Waals surface area contributed by atoms with Gasteiger partial charge >= 0.3 is 0 Å². The van der Waals surface area contributed by atoms with Crippen molar-refractivity contribution in [1.29, 1.82) is 0 Å². The number of hydrogen-bond donors (Lipinski definition) is 1. The van der Waals surface area contributed by atoms with Gasteiger partial charge in [-0.25, -0.2) is 0 Å². The first-order chi connectivity index (χ1) is 12.6. The number of carbonyl (C=O) groups excluding carboxylic acids is 2. The zero-order valence-corrected chi connectivity index (χ0v) is 15.7. The number of rotatable bonds is 4. The minimum absolute atomic E-state index is 0.0242. The Balaban J connectivity index is 1.64. The van der Waals surface area contributed by atoms with Gasteiger partial charge in [-0.05, 0) is 50.3 Å². The molecule has 0 radical (unpaired) electrons. The summed E-state index contributed by atoms with van der Waals surface area (Å²) in [7, 11) is 3.24. The monoisotopic (exact) mass is 360 g/mol. The first-order valence-electron chi connectivity index (χ1n) is 9.27. The summed E-state index contributed by atoms with van der Waals surface area (Å²) in [6.45, 7) is 3.85. The second kappa shape index (κ2) is 8.03. The maximum absolute atomic E-state index is 13.0. The van der Waals surface area contributed by atoms with E-state index in [0.717, 1.165) is 51.9 Å². The van der Waals surface area contributed by atoms with Crippen LogP contribution in [0.5, 0.6) is 5.75 Å². The Hall–Kier alpha value is -2.15. The van der Waals surface area contributed by atoms with Crippen molar-refractivity contribution in [2.24, 2.45) is 5.41 Å². The number of hydrogen-bond acceptors (Lipinski definition) is 5. The summed E-state index contributed by atoms with van der Waals surface area (Å²) in [5.74, 6) is 0.611. The second-order valence-electron chi connectivity index (χ2n) is 7.36. The van der Waals surface area contributed by atoms with Crippen molar-refractivity contribution >= 4 is 11.8 Å². The SMILES string of the molecule is CNC(=O)CN1CCC2(CCCN(C(=O)c3ccncc3OC)C2)CC1. The molecule has 0 aliphatic carbocycles. The summed E-state index contributed by atoms with van der Waals surface area (Å²) < 4.78 is 5.30. The number of ether oxygens (including phenoxy) is 1. The molecular formula is C19H28N4O3. The van der Waals surface area contributed by atoms with E-state index in [4.69, 9.17) is 4.74 Å². The Morgan fingerprint density at radius 3 is 2.73 bits per heavy atom. The molecule has 0 bridgehead atoms. The highest BCUT2D eigenvalue weighted by atomic mass is 16.5. The Morgan fingerprint density at radius 1 is 1.27 bits per heavy atom. The van der Waals surface area contributed by atoms with Crippen molar-refractivity contribution < 1.29 is 14.3 Å². The number of piperidine rings is 2. The summed E-state index contributed by atoms with van der Waals surface area (Å²) in [6, 6.07) is 1.73. The number of methoxy groups -OCH3 is 1. The molecule has 3 rings (SSSR count). The predicted octanol–water partition coefficient (Wildman–Crippen LogP) is 1.15. The first kappa shape index (κ1) is 18.6. The molecule has 0 aromatic carbocycles. The van der Waals surface area contributed by atoms with Gasteiger partial charge in [-0.15, -0.1) is 0 Å². The highest BCUT2D eigenvalue weighted by molar-refractivity contribution is 5.96. The van der Waals surface area contributed by atoms with Gasteiger partial charge in [-0.2, -0.15) is 0 Å². The number of likely N-dealkylation sites (N-methyl/N-ethyl adjacent to an activating group) is 1. The number of likely N-dealkylation sites (tertiary alicyclic amines) is 2. The standard InChI is InChI=1S/C19H28N4O3/c1-20-17(24)13-22-10-6-19(7-11-22)5-3-9-23(14-19)18(25)15-4-8-21-12-16(15)26-2/h4,8,12H,3,5-7,9-11,13-14H2,1-2H3,(H,20,24). The fourth-order valence-corrected chi connectivity index (χ4v) is 4.15. The zero-order valence-electron chi connectivity index (χ0n) is 15.7. The average Bonchev–Trinajstić information content (AvgIpc) is 2.69. The molecule has 0 saturated carbocycles. The van der Waals surface area contributed by atoms with Crippen LogP contribution in [0.3, 0.4) is 0 Å². The number of nitrogens with one attached hydrogen (secondary N) is 1. The molecule has 2 fully saturated rings. The van der Waals surface area contributed by atoms with Crippen LogP contribution in [0.2, 0.25) is 0 Å². The Labute approximate surface area is 154 Å². The minimum atomic E-state index is 0.0242. The lowest BCUT2D eigenvalue weighted by Crippen LogP contribution is -2.52. The van der Waals surface area contributed by atoms with Crippen LogP contribution >= 0.6 is 0 Å². The van der Waals surface area contributed by atoms with Gasteiger partial charge in [0.15, 0.2) is 0 Å². The molecule has 3 heterocycles. The quantitative estimate of drug-likeness (QED) is 0.872. The van der Waals surface area contributed by atoms with Gasteiger partial charge in [0.05, 0.1) is 25.4 Å². The highest BCUT2D eigenvalue weighted by Gasteiger charge is 2.40. The summed E-state index contributed by atoms with van der Waals surface area (Å²) in [6.07, 6.45) is 7.45. The number of amides is 2. The molecule has 1 spiro atoms. The van der Waals surface area contributed by atoms with E-state index in [2.05, 4.69) is 15.2 Å². The van der Waals surface area contributed by atoms with Crippen LogP contribution in [0.25, 0.3) is 0 Å².